The summed E-state index contributed by atoms with van der Waals surface area (Å²) in [7, 11) is 0. The maximum absolute atomic E-state index is 14.4. The van der Waals surface area contributed by atoms with Crippen molar-refractivity contribution in [2.24, 2.45) is 0 Å². The van der Waals surface area contributed by atoms with Crippen LogP contribution in [-0.2, 0) is 9.53 Å². The summed E-state index contributed by atoms with van der Waals surface area (Å²) in [5.74, 6) is -3.64. The first-order valence-electron chi connectivity index (χ1n) is 9.68. The van der Waals surface area contributed by atoms with Crippen LogP contribution in [0.4, 0.5) is 18.9 Å². The SMILES string of the molecule is CCCC(Sc1cc(NC(=O)c2cccc(F)c2)c(F)cc1F)C(=O)OC(C)CC. The summed E-state index contributed by atoms with van der Waals surface area (Å²) in [6.45, 7) is 5.53. The molecule has 0 aromatic heterocycles. The molecule has 2 atom stereocenters. The maximum atomic E-state index is 14.4. The number of carbonyl (C=O) groups is 2. The first-order valence-corrected chi connectivity index (χ1v) is 10.6. The lowest BCUT2D eigenvalue weighted by atomic mass is 10.2. The van der Waals surface area contributed by atoms with Crippen molar-refractivity contribution < 1.29 is 27.5 Å². The third-order valence-corrected chi connectivity index (χ3v) is 5.61. The molecule has 0 aliphatic carbocycles. The Morgan fingerprint density at radius 3 is 2.47 bits per heavy atom. The molecule has 0 aliphatic heterocycles. The van der Waals surface area contributed by atoms with E-state index in [2.05, 4.69) is 5.32 Å². The van der Waals surface area contributed by atoms with Crippen LogP contribution in [0.25, 0.3) is 0 Å². The van der Waals surface area contributed by atoms with Crippen LogP contribution in [0.1, 0.15) is 50.4 Å². The number of thioether (sulfide) groups is 1. The van der Waals surface area contributed by atoms with Crippen LogP contribution in [0.2, 0.25) is 0 Å². The summed E-state index contributed by atoms with van der Waals surface area (Å²) < 4.78 is 47.3. The highest BCUT2D eigenvalue weighted by molar-refractivity contribution is 8.00. The number of rotatable bonds is 9. The van der Waals surface area contributed by atoms with Gasteiger partial charge in [-0.2, -0.15) is 0 Å². The van der Waals surface area contributed by atoms with Crippen molar-refractivity contribution in [3.63, 3.8) is 0 Å². The van der Waals surface area contributed by atoms with Crippen LogP contribution in [0, 0.1) is 17.5 Å². The highest BCUT2D eigenvalue weighted by atomic mass is 32.2. The lowest BCUT2D eigenvalue weighted by Gasteiger charge is -2.19. The van der Waals surface area contributed by atoms with Gasteiger partial charge in [0.05, 0.1) is 11.8 Å². The van der Waals surface area contributed by atoms with E-state index < -0.39 is 34.6 Å². The van der Waals surface area contributed by atoms with Crippen LogP contribution in [0.3, 0.4) is 0 Å². The molecule has 0 fully saturated rings. The Bertz CT molecular complexity index is 907. The lowest BCUT2D eigenvalue weighted by molar-refractivity contribution is -0.147. The molecular weight excluding hydrogens is 415 g/mol. The maximum Gasteiger partial charge on any atom is 0.319 e. The van der Waals surface area contributed by atoms with Crippen LogP contribution in [-0.4, -0.2) is 23.2 Å². The molecule has 2 rings (SSSR count). The molecule has 0 radical (unpaired) electrons. The van der Waals surface area contributed by atoms with Gasteiger partial charge in [-0.3, -0.25) is 9.59 Å². The van der Waals surface area contributed by atoms with Crippen molar-refractivity contribution in [1.82, 2.24) is 0 Å². The van der Waals surface area contributed by atoms with Crippen molar-refractivity contribution in [3.05, 3.63) is 59.4 Å². The van der Waals surface area contributed by atoms with E-state index in [-0.39, 0.29) is 22.3 Å². The van der Waals surface area contributed by atoms with Gasteiger partial charge in [-0.15, -0.1) is 11.8 Å². The van der Waals surface area contributed by atoms with E-state index in [1.807, 2.05) is 13.8 Å². The molecule has 30 heavy (non-hydrogen) atoms. The second-order valence-corrected chi connectivity index (χ2v) is 8.02. The minimum Gasteiger partial charge on any atom is -0.462 e. The largest absolute Gasteiger partial charge is 0.462 e. The summed E-state index contributed by atoms with van der Waals surface area (Å²) >= 11 is 0.921. The highest BCUT2D eigenvalue weighted by Crippen LogP contribution is 2.33. The van der Waals surface area contributed by atoms with Crippen molar-refractivity contribution in [2.75, 3.05) is 5.32 Å². The van der Waals surface area contributed by atoms with Gasteiger partial charge in [0, 0.05) is 16.5 Å². The Hall–Kier alpha value is -2.48. The molecule has 0 spiro atoms. The van der Waals surface area contributed by atoms with Crippen LogP contribution in [0.15, 0.2) is 41.3 Å². The molecule has 2 unspecified atom stereocenters. The second kappa shape index (κ2) is 11.1. The van der Waals surface area contributed by atoms with Crippen molar-refractivity contribution in [1.29, 1.82) is 0 Å². The molecule has 4 nitrogen and oxygen atoms in total. The molecule has 2 aromatic carbocycles. The van der Waals surface area contributed by atoms with E-state index in [0.29, 0.717) is 25.3 Å². The third-order valence-electron chi connectivity index (χ3n) is 4.33. The average Bonchev–Trinajstić information content (AvgIpc) is 2.70. The second-order valence-electron chi connectivity index (χ2n) is 6.78. The number of ether oxygens (including phenoxy) is 1. The summed E-state index contributed by atoms with van der Waals surface area (Å²) in [5, 5.41) is 1.65. The number of anilines is 1. The Morgan fingerprint density at radius 2 is 1.83 bits per heavy atom. The molecule has 0 heterocycles. The quantitative estimate of drug-likeness (QED) is 0.387. The minimum atomic E-state index is -0.976. The normalized spacial score (nSPS) is 12.9. The number of halogens is 3. The van der Waals surface area contributed by atoms with Gasteiger partial charge in [0.15, 0.2) is 0 Å². The predicted molar refractivity (Wildman–Crippen MR) is 111 cm³/mol. The van der Waals surface area contributed by atoms with Gasteiger partial charge in [0.2, 0.25) is 0 Å². The van der Waals surface area contributed by atoms with E-state index in [1.54, 1.807) is 6.92 Å². The van der Waals surface area contributed by atoms with Crippen LogP contribution >= 0.6 is 11.8 Å². The molecule has 162 valence electrons. The van der Waals surface area contributed by atoms with Gasteiger partial charge in [-0.25, -0.2) is 13.2 Å². The number of benzene rings is 2. The van der Waals surface area contributed by atoms with Crippen LogP contribution in [0.5, 0.6) is 0 Å². The molecular formula is C22H24F3NO3S. The van der Waals surface area contributed by atoms with Gasteiger partial charge in [-0.1, -0.05) is 26.3 Å². The molecule has 0 aliphatic rings. The molecule has 1 N–H and O–H groups in total. The summed E-state index contributed by atoms with van der Waals surface area (Å²) in [6, 6.07) is 6.69. The minimum absolute atomic E-state index is 0.00509. The fraction of sp³-hybridized carbons (Fsp3) is 0.364. The number of hydrogen-bond donors (Lipinski definition) is 1. The van der Waals surface area contributed by atoms with Crippen molar-refractivity contribution in [3.8, 4) is 0 Å². The zero-order valence-electron chi connectivity index (χ0n) is 17.0. The first kappa shape index (κ1) is 23.8. The number of nitrogens with one attached hydrogen (secondary N) is 1. The zero-order chi connectivity index (χ0) is 22.3. The van der Waals surface area contributed by atoms with Gasteiger partial charge in [-0.05, 0) is 44.0 Å². The predicted octanol–water partition coefficient (Wildman–Crippen LogP) is 5.96. The topological polar surface area (TPSA) is 55.4 Å². The Kier molecular flexibility index (Phi) is 8.77. The van der Waals surface area contributed by atoms with Crippen LogP contribution < -0.4 is 5.32 Å². The standard InChI is InChI=1S/C22H24F3NO3S/c1-4-7-19(22(28)29-13(3)5-2)30-20-12-18(16(24)11-17(20)25)26-21(27)14-8-6-9-15(23)10-14/h6,8-13,19H,4-5,7H2,1-3H3,(H,26,27). The summed E-state index contributed by atoms with van der Waals surface area (Å²) in [5.41, 5.74) is -0.271. The van der Waals surface area contributed by atoms with E-state index in [0.717, 1.165) is 23.9 Å². The van der Waals surface area contributed by atoms with E-state index >= 15 is 0 Å². The number of amides is 1. The van der Waals surface area contributed by atoms with Gasteiger partial charge in [0.1, 0.15) is 22.7 Å². The lowest BCUT2D eigenvalue weighted by Crippen LogP contribution is -2.24. The smallest absolute Gasteiger partial charge is 0.319 e. The molecule has 8 heteroatoms. The first-order chi connectivity index (χ1) is 14.2. The van der Waals surface area contributed by atoms with E-state index in [1.165, 1.54) is 18.2 Å². The Morgan fingerprint density at radius 1 is 1.10 bits per heavy atom. The van der Waals surface area contributed by atoms with E-state index in [9.17, 15) is 22.8 Å². The van der Waals surface area contributed by atoms with Gasteiger partial charge >= 0.3 is 5.97 Å². The van der Waals surface area contributed by atoms with Crippen molar-refractivity contribution in [2.45, 2.75) is 56.3 Å². The van der Waals surface area contributed by atoms with E-state index in [4.69, 9.17) is 4.74 Å². The molecule has 0 saturated heterocycles. The van der Waals surface area contributed by atoms with Crippen molar-refractivity contribution >= 4 is 29.3 Å². The van der Waals surface area contributed by atoms with Gasteiger partial charge < -0.3 is 10.1 Å². The molecule has 0 bridgehead atoms. The monoisotopic (exact) mass is 439 g/mol. The highest BCUT2D eigenvalue weighted by Gasteiger charge is 2.25. The summed E-state index contributed by atoms with van der Waals surface area (Å²) in [4.78, 5) is 24.7. The fourth-order valence-electron chi connectivity index (χ4n) is 2.54. The molecule has 1 amide bonds. The Balaban J connectivity index is 2.23. The molecule has 2 aromatic rings. The zero-order valence-corrected chi connectivity index (χ0v) is 17.8. The Labute approximate surface area is 178 Å². The number of esters is 1. The summed E-state index contributed by atoms with van der Waals surface area (Å²) in [6.07, 6.45) is 1.49. The average molecular weight is 439 g/mol. The number of carbonyl (C=O) groups excluding carboxylic acids is 2. The third kappa shape index (κ3) is 6.52. The molecule has 0 saturated carbocycles. The number of hydrogen-bond acceptors (Lipinski definition) is 4. The van der Waals surface area contributed by atoms with Gasteiger partial charge in [0.25, 0.3) is 5.91 Å². The fourth-order valence-corrected chi connectivity index (χ4v) is 3.71.